The molecule has 0 radical (unpaired) electrons. The monoisotopic (exact) mass is 417 g/mol. The quantitative estimate of drug-likeness (QED) is 0.645. The van der Waals surface area contributed by atoms with E-state index in [2.05, 4.69) is 16.9 Å². The van der Waals surface area contributed by atoms with E-state index in [-0.39, 0.29) is 11.9 Å². The van der Waals surface area contributed by atoms with Crippen molar-refractivity contribution in [3.8, 4) is 0 Å². The number of carbonyl (C=O) groups excluding carboxylic acids is 1. The summed E-state index contributed by atoms with van der Waals surface area (Å²) in [5.41, 5.74) is 3.64. The fraction of sp³-hybridized carbons (Fsp3) is 0.450. The molecule has 3 heterocycles. The van der Waals surface area contributed by atoms with E-state index in [1.54, 1.807) is 16.0 Å². The molecule has 0 bridgehead atoms. The zero-order valence-electron chi connectivity index (χ0n) is 16.6. The number of nitrogens with zero attached hydrogens (tertiary/aromatic N) is 5. The van der Waals surface area contributed by atoms with Gasteiger partial charge in [-0.05, 0) is 44.4 Å². The SMILES string of the molecule is Cc1ccc(Cl)c2sc(N3CCC(N(C)C(=O)c4cc(C)n(C)n4)CC3)nc12. The fourth-order valence-electron chi connectivity index (χ4n) is 3.68. The van der Waals surface area contributed by atoms with Gasteiger partial charge in [0, 0.05) is 38.9 Å². The van der Waals surface area contributed by atoms with Crippen molar-refractivity contribution in [3.05, 3.63) is 40.2 Å². The number of aromatic nitrogens is 3. The summed E-state index contributed by atoms with van der Waals surface area (Å²) in [5, 5.41) is 6.10. The van der Waals surface area contributed by atoms with Crippen LogP contribution in [0.3, 0.4) is 0 Å². The average molecular weight is 418 g/mol. The van der Waals surface area contributed by atoms with E-state index in [1.165, 1.54) is 0 Å². The lowest BCUT2D eigenvalue weighted by Crippen LogP contribution is -2.45. The summed E-state index contributed by atoms with van der Waals surface area (Å²) in [5.74, 6) is -0.00968. The molecule has 1 aliphatic rings. The fourth-order valence-corrected chi connectivity index (χ4v) is 5.05. The minimum Gasteiger partial charge on any atom is -0.348 e. The molecule has 1 saturated heterocycles. The number of hydrogen-bond donors (Lipinski definition) is 0. The van der Waals surface area contributed by atoms with Crippen molar-refractivity contribution < 1.29 is 4.79 Å². The third kappa shape index (κ3) is 3.37. The molecule has 0 N–H and O–H groups in total. The van der Waals surface area contributed by atoms with E-state index < -0.39 is 0 Å². The van der Waals surface area contributed by atoms with Gasteiger partial charge in [0.2, 0.25) is 0 Å². The highest BCUT2D eigenvalue weighted by atomic mass is 35.5. The molecule has 1 fully saturated rings. The van der Waals surface area contributed by atoms with E-state index in [0.717, 1.165) is 57.6 Å². The first-order valence-corrected chi connectivity index (χ1v) is 10.6. The predicted octanol–water partition coefficient (Wildman–Crippen LogP) is 4.04. The Balaban J connectivity index is 1.45. The number of amides is 1. The maximum absolute atomic E-state index is 12.8. The second kappa shape index (κ2) is 7.37. The molecule has 148 valence electrons. The number of thiazole rings is 1. The Morgan fingerprint density at radius 1 is 1.29 bits per heavy atom. The largest absolute Gasteiger partial charge is 0.348 e. The number of hydrogen-bond acceptors (Lipinski definition) is 5. The summed E-state index contributed by atoms with van der Waals surface area (Å²) in [6.45, 7) is 5.77. The number of halogens is 1. The topological polar surface area (TPSA) is 54.3 Å². The number of aryl methyl sites for hydroxylation is 3. The third-order valence-electron chi connectivity index (χ3n) is 5.62. The maximum atomic E-state index is 12.8. The van der Waals surface area contributed by atoms with Gasteiger partial charge >= 0.3 is 0 Å². The highest BCUT2D eigenvalue weighted by Crippen LogP contribution is 2.36. The molecule has 0 atom stereocenters. The van der Waals surface area contributed by atoms with Gasteiger partial charge in [0.15, 0.2) is 10.8 Å². The van der Waals surface area contributed by atoms with Gasteiger partial charge in [-0.3, -0.25) is 9.48 Å². The zero-order chi connectivity index (χ0) is 20.0. The van der Waals surface area contributed by atoms with Gasteiger partial charge in [0.25, 0.3) is 5.91 Å². The van der Waals surface area contributed by atoms with Crippen LogP contribution in [0.4, 0.5) is 5.13 Å². The van der Waals surface area contributed by atoms with Gasteiger partial charge in [-0.25, -0.2) is 4.98 Å². The van der Waals surface area contributed by atoms with Crippen molar-refractivity contribution in [2.45, 2.75) is 32.7 Å². The molecule has 1 aliphatic heterocycles. The van der Waals surface area contributed by atoms with Gasteiger partial charge in [0.1, 0.15) is 0 Å². The van der Waals surface area contributed by atoms with Crippen LogP contribution in [0.2, 0.25) is 5.02 Å². The molecular weight excluding hydrogens is 394 g/mol. The van der Waals surface area contributed by atoms with Crippen LogP contribution in [-0.4, -0.2) is 51.8 Å². The third-order valence-corrected chi connectivity index (χ3v) is 7.20. The van der Waals surface area contributed by atoms with Gasteiger partial charge in [0.05, 0.1) is 15.2 Å². The second-order valence-corrected chi connectivity index (χ2v) is 8.85. The van der Waals surface area contributed by atoms with Crippen LogP contribution in [0.25, 0.3) is 10.2 Å². The van der Waals surface area contributed by atoms with Gasteiger partial charge in [-0.1, -0.05) is 29.0 Å². The first kappa shape index (κ1) is 19.2. The minimum atomic E-state index is -0.00968. The molecule has 0 aliphatic carbocycles. The Morgan fingerprint density at radius 3 is 2.61 bits per heavy atom. The Hall–Kier alpha value is -2.12. The van der Waals surface area contributed by atoms with Crippen molar-refractivity contribution in [2.75, 3.05) is 25.0 Å². The van der Waals surface area contributed by atoms with Crippen LogP contribution in [0.5, 0.6) is 0 Å². The molecule has 28 heavy (non-hydrogen) atoms. The summed E-state index contributed by atoms with van der Waals surface area (Å²) in [7, 11) is 3.74. The lowest BCUT2D eigenvalue weighted by Gasteiger charge is -2.36. The van der Waals surface area contributed by atoms with Crippen molar-refractivity contribution in [1.82, 2.24) is 19.7 Å². The molecular formula is C20H24ClN5OS. The smallest absolute Gasteiger partial charge is 0.274 e. The summed E-state index contributed by atoms with van der Waals surface area (Å²) in [6, 6.07) is 6.01. The number of anilines is 1. The molecule has 0 spiro atoms. The first-order chi connectivity index (χ1) is 13.3. The Morgan fingerprint density at radius 2 is 2.00 bits per heavy atom. The van der Waals surface area contributed by atoms with Gasteiger partial charge in [-0.15, -0.1) is 0 Å². The first-order valence-electron chi connectivity index (χ1n) is 9.43. The summed E-state index contributed by atoms with van der Waals surface area (Å²) in [4.78, 5) is 21.7. The standard InChI is InChI=1S/C20H24ClN5OS/c1-12-5-6-15(21)18-17(12)22-20(28-18)26-9-7-14(8-10-26)24(3)19(27)16-11-13(2)25(4)23-16/h5-6,11,14H,7-10H2,1-4H3. The van der Waals surface area contributed by atoms with E-state index in [1.807, 2.05) is 44.1 Å². The van der Waals surface area contributed by atoms with Crippen LogP contribution in [0.1, 0.15) is 34.6 Å². The molecule has 4 rings (SSSR count). The molecule has 1 aromatic carbocycles. The molecule has 0 unspecified atom stereocenters. The lowest BCUT2D eigenvalue weighted by molar-refractivity contribution is 0.0702. The molecule has 0 saturated carbocycles. The second-order valence-electron chi connectivity index (χ2n) is 7.47. The number of fused-ring (bicyclic) bond motifs is 1. The van der Waals surface area contributed by atoms with Crippen molar-refractivity contribution >= 4 is 44.2 Å². The lowest BCUT2D eigenvalue weighted by atomic mass is 10.0. The molecule has 8 heteroatoms. The number of carbonyl (C=O) groups is 1. The van der Waals surface area contributed by atoms with Crippen LogP contribution in [-0.2, 0) is 7.05 Å². The highest BCUT2D eigenvalue weighted by Gasteiger charge is 2.28. The van der Waals surface area contributed by atoms with E-state index in [9.17, 15) is 4.79 Å². The normalized spacial score (nSPS) is 15.4. The predicted molar refractivity (Wildman–Crippen MR) is 115 cm³/mol. The Kier molecular flexibility index (Phi) is 5.05. The minimum absolute atomic E-state index is 0.00968. The number of piperidine rings is 1. The maximum Gasteiger partial charge on any atom is 0.274 e. The van der Waals surface area contributed by atoms with Crippen molar-refractivity contribution in [1.29, 1.82) is 0 Å². The van der Waals surface area contributed by atoms with Crippen molar-refractivity contribution in [2.24, 2.45) is 7.05 Å². The summed E-state index contributed by atoms with van der Waals surface area (Å²) < 4.78 is 2.79. The van der Waals surface area contributed by atoms with Gasteiger partial charge < -0.3 is 9.80 Å². The molecule has 3 aromatic rings. The van der Waals surface area contributed by atoms with E-state index >= 15 is 0 Å². The van der Waals surface area contributed by atoms with Crippen LogP contribution in [0, 0.1) is 13.8 Å². The molecule has 6 nitrogen and oxygen atoms in total. The van der Waals surface area contributed by atoms with E-state index in [4.69, 9.17) is 16.6 Å². The summed E-state index contributed by atoms with van der Waals surface area (Å²) in [6.07, 6.45) is 1.83. The van der Waals surface area contributed by atoms with E-state index in [0.29, 0.717) is 5.69 Å². The van der Waals surface area contributed by atoms with Crippen molar-refractivity contribution in [3.63, 3.8) is 0 Å². The number of benzene rings is 1. The molecule has 1 amide bonds. The Labute approximate surface area is 173 Å². The van der Waals surface area contributed by atoms with Crippen LogP contribution >= 0.6 is 22.9 Å². The average Bonchev–Trinajstić information content (AvgIpc) is 3.29. The molecule has 2 aromatic heterocycles. The summed E-state index contributed by atoms with van der Waals surface area (Å²) >= 11 is 8.00. The zero-order valence-corrected chi connectivity index (χ0v) is 18.1. The van der Waals surface area contributed by atoms with Crippen LogP contribution < -0.4 is 4.90 Å². The van der Waals surface area contributed by atoms with Gasteiger partial charge in [-0.2, -0.15) is 5.10 Å². The van der Waals surface area contributed by atoms with Crippen LogP contribution in [0.15, 0.2) is 18.2 Å². The Bertz CT molecular complexity index is 976. The highest BCUT2D eigenvalue weighted by molar-refractivity contribution is 7.22. The number of rotatable bonds is 3.